The van der Waals surface area contributed by atoms with Gasteiger partial charge in [-0.1, -0.05) is 33.3 Å². The number of aromatic hydroxyl groups is 1. The second-order valence-corrected chi connectivity index (χ2v) is 9.83. The quantitative estimate of drug-likeness (QED) is 0.422. The van der Waals surface area contributed by atoms with Crippen molar-refractivity contribution in [3.63, 3.8) is 0 Å². The number of thiazole rings is 1. The lowest BCUT2D eigenvalue weighted by atomic mass is 9.95. The normalized spacial score (nSPS) is 15.2. The highest BCUT2D eigenvalue weighted by atomic mass is 79.9. The molecule has 1 atom stereocenters. The summed E-state index contributed by atoms with van der Waals surface area (Å²) in [5.41, 5.74) is 1.65. The molecule has 0 saturated carbocycles. The smallest absolute Gasteiger partial charge is 0.338 e. The van der Waals surface area contributed by atoms with Gasteiger partial charge in [0.1, 0.15) is 0 Å². The van der Waals surface area contributed by atoms with Crippen LogP contribution < -0.4 is 29.1 Å². The van der Waals surface area contributed by atoms with Gasteiger partial charge < -0.3 is 24.1 Å². The molecule has 9 nitrogen and oxygen atoms in total. The molecule has 4 rings (SSSR count). The third-order valence-electron chi connectivity index (χ3n) is 5.83. The van der Waals surface area contributed by atoms with Crippen molar-refractivity contribution in [1.82, 2.24) is 4.57 Å². The predicted octanol–water partition coefficient (Wildman–Crippen LogP) is 3.29. The Morgan fingerprint density at radius 3 is 2.49 bits per heavy atom. The number of allylic oxidation sites excluding steroid dienone is 1. The Hall–Kier alpha value is -3.57. The number of aromatic nitrogens is 1. The molecule has 1 aliphatic heterocycles. The van der Waals surface area contributed by atoms with E-state index in [1.54, 1.807) is 44.2 Å². The van der Waals surface area contributed by atoms with Crippen molar-refractivity contribution in [2.75, 3.05) is 27.9 Å². The first-order chi connectivity index (χ1) is 17.7. The van der Waals surface area contributed by atoms with Gasteiger partial charge in [-0.05, 0) is 55.3 Å². The molecular formula is C26H25BrN2O7S. The zero-order chi connectivity index (χ0) is 26.9. The summed E-state index contributed by atoms with van der Waals surface area (Å²) >= 11 is 4.62. The lowest BCUT2D eigenvalue weighted by Gasteiger charge is -2.25. The number of phenols is 1. The summed E-state index contributed by atoms with van der Waals surface area (Å²) in [6, 6.07) is 7.57. The van der Waals surface area contributed by atoms with Gasteiger partial charge >= 0.3 is 5.97 Å². The van der Waals surface area contributed by atoms with Crippen molar-refractivity contribution >= 4 is 39.3 Å². The minimum Gasteiger partial charge on any atom is -0.504 e. The summed E-state index contributed by atoms with van der Waals surface area (Å²) in [4.78, 5) is 31.9. The molecule has 0 spiro atoms. The number of benzene rings is 2. The number of hydrogen-bond acceptors (Lipinski definition) is 9. The molecule has 0 amide bonds. The molecular weight excluding hydrogens is 564 g/mol. The fraction of sp³-hybridized carbons (Fsp3) is 0.269. The van der Waals surface area contributed by atoms with Gasteiger partial charge in [-0.25, -0.2) is 9.79 Å². The third-order valence-corrected chi connectivity index (χ3v) is 7.49. The predicted molar refractivity (Wildman–Crippen MR) is 142 cm³/mol. The number of hydrogen-bond donors (Lipinski definition) is 1. The Morgan fingerprint density at radius 1 is 1.14 bits per heavy atom. The van der Waals surface area contributed by atoms with Crippen LogP contribution in [0, 0.1) is 0 Å². The maximum absolute atomic E-state index is 13.8. The van der Waals surface area contributed by atoms with Crippen molar-refractivity contribution in [3.05, 3.63) is 76.9 Å². The zero-order valence-electron chi connectivity index (χ0n) is 20.8. The van der Waals surface area contributed by atoms with Crippen LogP contribution in [0.2, 0.25) is 0 Å². The Labute approximate surface area is 225 Å². The van der Waals surface area contributed by atoms with Gasteiger partial charge in [0.25, 0.3) is 5.56 Å². The summed E-state index contributed by atoms with van der Waals surface area (Å²) in [6.45, 7) is 3.62. The number of carbonyl (C=O) groups excluding carboxylic acids is 1. The van der Waals surface area contributed by atoms with Gasteiger partial charge in [0.2, 0.25) is 0 Å². The maximum Gasteiger partial charge on any atom is 0.338 e. The van der Waals surface area contributed by atoms with Gasteiger partial charge in [-0.3, -0.25) is 9.36 Å². The number of esters is 1. The fourth-order valence-corrected chi connectivity index (χ4v) is 5.59. The number of rotatable bonds is 7. The maximum atomic E-state index is 13.8. The van der Waals surface area contributed by atoms with E-state index in [0.29, 0.717) is 42.1 Å². The number of methoxy groups -OCH3 is 3. The van der Waals surface area contributed by atoms with E-state index >= 15 is 0 Å². The van der Waals surface area contributed by atoms with E-state index in [-0.39, 0.29) is 29.2 Å². The van der Waals surface area contributed by atoms with E-state index in [0.717, 1.165) is 0 Å². The molecule has 2 heterocycles. The molecule has 194 valence electrons. The SMILES string of the molecule is CCOC(=O)C1=C(C)N=c2s/c(=C/c3cc(OC)c(O)cc3Br)c(=O)n2C1c1ccc(OC)c(OC)c1. The van der Waals surface area contributed by atoms with Crippen LogP contribution >= 0.6 is 27.3 Å². The van der Waals surface area contributed by atoms with Gasteiger partial charge in [-0.15, -0.1) is 0 Å². The highest BCUT2D eigenvalue weighted by Crippen LogP contribution is 2.36. The highest BCUT2D eigenvalue weighted by molar-refractivity contribution is 9.10. The Bertz CT molecular complexity index is 1590. The van der Waals surface area contributed by atoms with Crippen LogP contribution in [0.4, 0.5) is 0 Å². The third kappa shape index (κ3) is 4.88. The standard InChI is InChI=1S/C26H25BrN2O7S/c1-6-36-25(32)22-13(2)28-26-29(23(22)14-7-8-18(33-3)20(9-14)35-5)24(31)21(37-26)11-15-10-19(34-4)17(30)12-16(15)27/h7-12,23,30H,6H2,1-5H3/b21-11+. The minimum absolute atomic E-state index is 0.0314. The Balaban J connectivity index is 1.98. The molecule has 2 aromatic carbocycles. The second kappa shape index (κ2) is 10.8. The number of halogens is 1. The number of ether oxygens (including phenoxy) is 4. The minimum atomic E-state index is -0.796. The molecule has 37 heavy (non-hydrogen) atoms. The van der Waals surface area contributed by atoms with E-state index in [9.17, 15) is 14.7 Å². The van der Waals surface area contributed by atoms with Crippen LogP contribution in [0.5, 0.6) is 23.0 Å². The van der Waals surface area contributed by atoms with Crippen molar-refractivity contribution < 1.29 is 28.8 Å². The summed E-state index contributed by atoms with van der Waals surface area (Å²) in [6.07, 6.45) is 1.69. The van der Waals surface area contributed by atoms with Gasteiger partial charge in [-0.2, -0.15) is 0 Å². The lowest BCUT2D eigenvalue weighted by Crippen LogP contribution is -2.40. The summed E-state index contributed by atoms with van der Waals surface area (Å²) in [5.74, 6) is 0.661. The summed E-state index contributed by atoms with van der Waals surface area (Å²) in [7, 11) is 4.50. The first-order valence-corrected chi connectivity index (χ1v) is 12.8. The number of phenolic OH excluding ortho intramolecular Hbond substituents is 1. The van der Waals surface area contributed by atoms with Crippen LogP contribution in [0.15, 0.2) is 55.9 Å². The van der Waals surface area contributed by atoms with Crippen LogP contribution in [0.3, 0.4) is 0 Å². The van der Waals surface area contributed by atoms with E-state index in [4.69, 9.17) is 18.9 Å². The molecule has 1 aliphatic rings. The summed E-state index contributed by atoms with van der Waals surface area (Å²) in [5, 5.41) is 10.0. The zero-order valence-corrected chi connectivity index (χ0v) is 23.2. The van der Waals surface area contributed by atoms with Gasteiger partial charge in [0.05, 0.1) is 49.8 Å². The average Bonchev–Trinajstić information content (AvgIpc) is 3.18. The first-order valence-electron chi connectivity index (χ1n) is 11.2. The van der Waals surface area contributed by atoms with E-state index in [2.05, 4.69) is 20.9 Å². The lowest BCUT2D eigenvalue weighted by molar-refractivity contribution is -0.139. The van der Waals surface area contributed by atoms with Crippen molar-refractivity contribution in [2.24, 2.45) is 4.99 Å². The highest BCUT2D eigenvalue weighted by Gasteiger charge is 2.34. The molecule has 1 unspecified atom stereocenters. The molecule has 0 radical (unpaired) electrons. The van der Waals surface area contributed by atoms with Crippen molar-refractivity contribution in [1.29, 1.82) is 0 Å². The van der Waals surface area contributed by atoms with Gasteiger partial charge in [0, 0.05) is 4.47 Å². The second-order valence-electron chi connectivity index (χ2n) is 7.96. The Kier molecular flexibility index (Phi) is 7.74. The van der Waals surface area contributed by atoms with Crippen LogP contribution in [-0.4, -0.2) is 43.6 Å². The van der Waals surface area contributed by atoms with Crippen LogP contribution in [0.1, 0.15) is 31.0 Å². The molecule has 1 aromatic heterocycles. The van der Waals surface area contributed by atoms with Crippen LogP contribution in [0.25, 0.3) is 6.08 Å². The van der Waals surface area contributed by atoms with E-state index in [1.807, 2.05) is 0 Å². The molecule has 0 aliphatic carbocycles. The number of fused-ring (bicyclic) bond motifs is 1. The fourth-order valence-electron chi connectivity index (χ4n) is 4.10. The topological polar surface area (TPSA) is 109 Å². The molecule has 0 bridgehead atoms. The van der Waals surface area contributed by atoms with Gasteiger partial charge in [0.15, 0.2) is 27.8 Å². The summed E-state index contributed by atoms with van der Waals surface area (Å²) < 4.78 is 23.8. The Morgan fingerprint density at radius 2 is 1.84 bits per heavy atom. The monoisotopic (exact) mass is 588 g/mol. The molecule has 11 heteroatoms. The molecule has 3 aromatic rings. The molecule has 0 fully saturated rings. The van der Waals surface area contributed by atoms with E-state index in [1.165, 1.54) is 43.3 Å². The van der Waals surface area contributed by atoms with E-state index < -0.39 is 12.0 Å². The van der Waals surface area contributed by atoms with Crippen molar-refractivity contribution in [2.45, 2.75) is 19.9 Å². The van der Waals surface area contributed by atoms with Crippen LogP contribution in [-0.2, 0) is 9.53 Å². The average molecular weight is 589 g/mol. The number of nitrogens with zero attached hydrogens (tertiary/aromatic N) is 2. The first kappa shape index (κ1) is 26.5. The number of carbonyl (C=O) groups is 1. The largest absolute Gasteiger partial charge is 0.504 e. The molecule has 1 N–H and O–H groups in total. The molecule has 0 saturated heterocycles. The van der Waals surface area contributed by atoms with Crippen molar-refractivity contribution in [3.8, 4) is 23.0 Å².